The normalized spacial score (nSPS) is 13.5. The van der Waals surface area contributed by atoms with Gasteiger partial charge in [-0.1, -0.05) is 30.3 Å². The molecule has 0 fully saturated rings. The van der Waals surface area contributed by atoms with E-state index in [4.69, 9.17) is 9.47 Å². The van der Waals surface area contributed by atoms with Crippen LogP contribution >= 0.6 is 0 Å². The van der Waals surface area contributed by atoms with Crippen LogP contribution in [0, 0.1) is 0 Å². The van der Waals surface area contributed by atoms with Gasteiger partial charge in [0.25, 0.3) is 11.8 Å². The number of imide groups is 1. The third-order valence-corrected chi connectivity index (χ3v) is 5.08. The average molecular weight is 429 g/mol. The first-order chi connectivity index (χ1) is 15.6. The molecule has 3 aromatic rings. The largest absolute Gasteiger partial charge is 0.496 e. The Balaban J connectivity index is 1.80. The van der Waals surface area contributed by atoms with Crippen molar-refractivity contribution in [3.63, 3.8) is 0 Å². The average Bonchev–Trinajstić information content (AvgIpc) is 3.05. The molecule has 0 radical (unpaired) electrons. The number of nitrogens with one attached hydrogen (secondary N) is 1. The summed E-state index contributed by atoms with van der Waals surface area (Å²) in [6, 6.07) is 18.0. The highest BCUT2D eigenvalue weighted by Crippen LogP contribution is 2.37. The van der Waals surface area contributed by atoms with Gasteiger partial charge in [0.1, 0.15) is 17.2 Å². The van der Waals surface area contributed by atoms with E-state index in [1.165, 1.54) is 12.0 Å². The minimum absolute atomic E-state index is 0.136. The Morgan fingerprint density at radius 3 is 2.31 bits per heavy atom. The smallest absolute Gasteiger partial charge is 0.278 e. The number of nitrogens with zero attached hydrogens (tertiary/aromatic N) is 2. The van der Waals surface area contributed by atoms with Crippen molar-refractivity contribution in [1.29, 1.82) is 0 Å². The summed E-state index contributed by atoms with van der Waals surface area (Å²) in [5.74, 6) is 0.285. The maximum Gasteiger partial charge on any atom is 0.278 e. The molecule has 32 heavy (non-hydrogen) atoms. The van der Waals surface area contributed by atoms with Crippen LogP contribution in [0.3, 0.4) is 0 Å². The Hall–Kier alpha value is -4.13. The maximum absolute atomic E-state index is 13.5. The summed E-state index contributed by atoms with van der Waals surface area (Å²) < 4.78 is 11.2. The van der Waals surface area contributed by atoms with Crippen molar-refractivity contribution in [2.45, 2.75) is 13.5 Å². The quantitative estimate of drug-likeness (QED) is 0.548. The van der Waals surface area contributed by atoms with Gasteiger partial charge in [0.2, 0.25) is 0 Å². The number of rotatable bonds is 8. The molecule has 4 rings (SSSR count). The fourth-order valence-corrected chi connectivity index (χ4v) is 3.59. The van der Waals surface area contributed by atoms with Crippen LogP contribution in [0.2, 0.25) is 0 Å². The number of carbonyl (C=O) groups excluding carboxylic acids is 2. The number of carbonyl (C=O) groups is 2. The second kappa shape index (κ2) is 9.34. The zero-order valence-electron chi connectivity index (χ0n) is 17.9. The molecule has 0 saturated heterocycles. The van der Waals surface area contributed by atoms with Crippen LogP contribution < -0.4 is 14.8 Å². The zero-order valence-corrected chi connectivity index (χ0v) is 17.9. The summed E-state index contributed by atoms with van der Waals surface area (Å²) in [6.07, 6.45) is 3.26. The van der Waals surface area contributed by atoms with Crippen molar-refractivity contribution in [3.8, 4) is 11.5 Å². The molecule has 0 atom stereocenters. The number of ether oxygens (including phenoxy) is 2. The Morgan fingerprint density at radius 2 is 1.59 bits per heavy atom. The minimum Gasteiger partial charge on any atom is -0.496 e. The molecule has 0 unspecified atom stereocenters. The molecule has 0 spiro atoms. The number of methoxy groups -OCH3 is 1. The molecule has 162 valence electrons. The van der Waals surface area contributed by atoms with E-state index in [0.29, 0.717) is 29.4 Å². The van der Waals surface area contributed by atoms with E-state index in [-0.39, 0.29) is 17.8 Å². The predicted molar refractivity (Wildman–Crippen MR) is 121 cm³/mol. The van der Waals surface area contributed by atoms with Gasteiger partial charge >= 0.3 is 0 Å². The molecule has 0 aliphatic carbocycles. The lowest BCUT2D eigenvalue weighted by molar-refractivity contribution is -0.137. The molecule has 1 aromatic heterocycles. The number of hydrogen-bond donors (Lipinski definition) is 1. The monoisotopic (exact) mass is 429 g/mol. The molecule has 0 bridgehead atoms. The Kier molecular flexibility index (Phi) is 6.17. The van der Waals surface area contributed by atoms with Gasteiger partial charge in [-0.3, -0.25) is 19.5 Å². The summed E-state index contributed by atoms with van der Waals surface area (Å²) in [5.41, 5.74) is 2.39. The molecular formula is C25H23N3O4. The van der Waals surface area contributed by atoms with Crippen LogP contribution in [0.1, 0.15) is 18.1 Å². The fraction of sp³-hybridized carbons (Fsp3) is 0.160. The Morgan fingerprint density at radius 1 is 0.906 bits per heavy atom. The summed E-state index contributed by atoms with van der Waals surface area (Å²) in [7, 11) is 1.53. The van der Waals surface area contributed by atoms with Gasteiger partial charge in [-0.15, -0.1) is 0 Å². The van der Waals surface area contributed by atoms with Crippen molar-refractivity contribution in [2.75, 3.05) is 19.0 Å². The number of anilines is 1. The molecule has 1 aliphatic heterocycles. The predicted octanol–water partition coefficient (Wildman–Crippen LogP) is 3.88. The number of pyridine rings is 1. The number of amides is 2. The SMILES string of the molecule is CCOc1ccccc1NC1=C(c2ccccc2OC)C(=O)N(Cc2ccncc2)C1=O. The lowest BCUT2D eigenvalue weighted by atomic mass is 10.0. The van der Waals surface area contributed by atoms with Gasteiger partial charge in [0.05, 0.1) is 31.5 Å². The van der Waals surface area contributed by atoms with Gasteiger partial charge in [0, 0.05) is 18.0 Å². The van der Waals surface area contributed by atoms with Crippen LogP contribution in [0.15, 0.2) is 78.8 Å². The second-order valence-electron chi connectivity index (χ2n) is 7.06. The lowest BCUT2D eigenvalue weighted by Crippen LogP contribution is -2.32. The van der Waals surface area contributed by atoms with Gasteiger partial charge in [-0.05, 0) is 42.8 Å². The first kappa shape index (κ1) is 21.1. The lowest BCUT2D eigenvalue weighted by Gasteiger charge is -2.16. The van der Waals surface area contributed by atoms with Gasteiger partial charge in [0.15, 0.2) is 0 Å². The fourth-order valence-electron chi connectivity index (χ4n) is 3.59. The van der Waals surface area contributed by atoms with E-state index in [9.17, 15) is 9.59 Å². The molecular weight excluding hydrogens is 406 g/mol. The van der Waals surface area contributed by atoms with E-state index in [1.807, 2.05) is 31.2 Å². The molecule has 1 aliphatic rings. The zero-order chi connectivity index (χ0) is 22.5. The van der Waals surface area contributed by atoms with E-state index < -0.39 is 11.8 Å². The second-order valence-corrected chi connectivity index (χ2v) is 7.06. The molecule has 1 N–H and O–H groups in total. The van der Waals surface area contributed by atoms with Crippen molar-refractivity contribution in [3.05, 3.63) is 89.9 Å². The third-order valence-electron chi connectivity index (χ3n) is 5.08. The van der Waals surface area contributed by atoms with Gasteiger partial charge < -0.3 is 14.8 Å². The first-order valence-corrected chi connectivity index (χ1v) is 10.3. The van der Waals surface area contributed by atoms with Crippen LogP contribution in [0.5, 0.6) is 11.5 Å². The molecule has 2 heterocycles. The van der Waals surface area contributed by atoms with E-state index in [1.54, 1.807) is 48.8 Å². The van der Waals surface area contributed by atoms with Crippen LogP contribution in [-0.4, -0.2) is 35.4 Å². The van der Waals surface area contributed by atoms with Gasteiger partial charge in [-0.25, -0.2) is 0 Å². The molecule has 7 heteroatoms. The summed E-state index contributed by atoms with van der Waals surface area (Å²) in [6.45, 7) is 2.49. The third kappa shape index (κ3) is 4.05. The molecule has 2 aromatic carbocycles. The van der Waals surface area contributed by atoms with E-state index in [0.717, 1.165) is 5.56 Å². The van der Waals surface area contributed by atoms with Crippen molar-refractivity contribution in [2.24, 2.45) is 0 Å². The minimum atomic E-state index is -0.418. The number of benzene rings is 2. The molecule has 7 nitrogen and oxygen atoms in total. The molecule has 0 saturated carbocycles. The highest BCUT2D eigenvalue weighted by molar-refractivity contribution is 6.37. The maximum atomic E-state index is 13.5. The highest BCUT2D eigenvalue weighted by atomic mass is 16.5. The summed E-state index contributed by atoms with van der Waals surface area (Å²) >= 11 is 0. The van der Waals surface area contributed by atoms with Crippen LogP contribution in [0.4, 0.5) is 5.69 Å². The van der Waals surface area contributed by atoms with Gasteiger partial charge in [-0.2, -0.15) is 0 Å². The Bertz CT molecular complexity index is 1170. The summed E-state index contributed by atoms with van der Waals surface area (Å²) in [4.78, 5) is 32.2. The topological polar surface area (TPSA) is 80.8 Å². The Labute approximate surface area is 186 Å². The van der Waals surface area contributed by atoms with Crippen LogP contribution in [-0.2, 0) is 16.1 Å². The number of para-hydroxylation sites is 3. The summed E-state index contributed by atoms with van der Waals surface area (Å²) in [5, 5.41) is 3.16. The van der Waals surface area contributed by atoms with E-state index in [2.05, 4.69) is 10.3 Å². The first-order valence-electron chi connectivity index (χ1n) is 10.3. The highest BCUT2D eigenvalue weighted by Gasteiger charge is 2.40. The van der Waals surface area contributed by atoms with Crippen LogP contribution in [0.25, 0.3) is 5.57 Å². The number of aromatic nitrogens is 1. The van der Waals surface area contributed by atoms with E-state index >= 15 is 0 Å². The van der Waals surface area contributed by atoms with Crippen molar-refractivity contribution >= 4 is 23.1 Å². The van der Waals surface area contributed by atoms with Crippen molar-refractivity contribution in [1.82, 2.24) is 9.88 Å². The van der Waals surface area contributed by atoms with Crippen molar-refractivity contribution < 1.29 is 19.1 Å². The standard InChI is InChI=1S/C25H23N3O4/c1-3-32-21-11-7-5-9-19(21)27-23-22(18-8-4-6-10-20(18)31-2)24(29)28(25(23)30)16-17-12-14-26-15-13-17/h4-15,27H,3,16H2,1-2H3. The number of hydrogen-bond acceptors (Lipinski definition) is 6. The molecule has 2 amide bonds.